The third-order valence-corrected chi connectivity index (χ3v) is 8.45. The molecule has 2 saturated heterocycles. The van der Waals surface area contributed by atoms with Crippen LogP contribution in [0.2, 0.25) is 0 Å². The smallest absolute Gasteiger partial charge is 0.254 e. The van der Waals surface area contributed by atoms with E-state index in [4.69, 9.17) is 24.7 Å². The summed E-state index contributed by atoms with van der Waals surface area (Å²) in [6.45, 7) is 14.5. The lowest BCUT2D eigenvalue weighted by atomic mass is 9.97. The Kier molecular flexibility index (Phi) is 7.19. The summed E-state index contributed by atoms with van der Waals surface area (Å²) < 4.78 is 9.78. The molecule has 0 aliphatic carbocycles. The van der Waals surface area contributed by atoms with Crippen molar-refractivity contribution >= 4 is 33.9 Å². The first kappa shape index (κ1) is 28.5. The van der Waals surface area contributed by atoms with Crippen molar-refractivity contribution in [2.24, 2.45) is 7.05 Å². The van der Waals surface area contributed by atoms with Crippen LogP contribution in [0.3, 0.4) is 0 Å². The Morgan fingerprint density at radius 1 is 1.02 bits per heavy atom. The second-order valence-electron chi connectivity index (χ2n) is 12.4. The molecule has 2 aliphatic rings. The zero-order valence-corrected chi connectivity index (χ0v) is 25.5. The summed E-state index contributed by atoms with van der Waals surface area (Å²) in [5.74, 6) is 2.94. The molecular formula is C30H41N9O3. The number of anilines is 1. The largest absolute Gasteiger partial charge is 0.381 e. The van der Waals surface area contributed by atoms with Crippen molar-refractivity contribution in [2.75, 3.05) is 50.8 Å². The first-order chi connectivity index (χ1) is 20.0. The molecule has 0 bridgehead atoms. The van der Waals surface area contributed by atoms with Crippen LogP contribution < -0.4 is 4.90 Å². The van der Waals surface area contributed by atoms with Gasteiger partial charge < -0.3 is 24.2 Å². The zero-order chi connectivity index (χ0) is 29.8. The van der Waals surface area contributed by atoms with Gasteiger partial charge in [-0.25, -0.2) is 9.97 Å². The van der Waals surface area contributed by atoms with Gasteiger partial charge in [-0.15, -0.1) is 0 Å². The third kappa shape index (κ3) is 5.01. The normalized spacial score (nSPS) is 18.4. The summed E-state index contributed by atoms with van der Waals surface area (Å²) in [6, 6.07) is 8.09. The molecule has 0 spiro atoms. The molecule has 0 radical (unpaired) electrons. The number of fused-ring (bicyclic) bond motifs is 2. The summed E-state index contributed by atoms with van der Waals surface area (Å²) in [5, 5.41) is 10.3. The minimum Gasteiger partial charge on any atom is -0.381 e. The van der Waals surface area contributed by atoms with Crippen molar-refractivity contribution in [2.45, 2.75) is 58.7 Å². The maximum absolute atomic E-state index is 12.8. The van der Waals surface area contributed by atoms with E-state index in [2.05, 4.69) is 45.8 Å². The van der Waals surface area contributed by atoms with Crippen LogP contribution in [0.4, 0.5) is 5.82 Å². The lowest BCUT2D eigenvalue weighted by molar-refractivity contribution is -0.153. The maximum atomic E-state index is 12.8. The molecule has 2 fully saturated rings. The summed E-state index contributed by atoms with van der Waals surface area (Å²) in [4.78, 5) is 39.4. The number of carbonyl (C=O) groups excluding carboxylic acids is 1. The van der Waals surface area contributed by atoms with Crippen molar-refractivity contribution in [3.63, 3.8) is 0 Å². The predicted molar refractivity (Wildman–Crippen MR) is 161 cm³/mol. The number of aliphatic hydroxyl groups is 1. The highest BCUT2D eigenvalue weighted by atomic mass is 16.5. The molecule has 3 aromatic heterocycles. The van der Waals surface area contributed by atoms with E-state index in [0.29, 0.717) is 45.3 Å². The number of aromatic nitrogens is 6. The van der Waals surface area contributed by atoms with E-state index in [1.54, 1.807) is 18.7 Å². The molecule has 224 valence electrons. The fraction of sp³-hybridized carbons (Fsp3) is 0.567. The highest BCUT2D eigenvalue weighted by Crippen LogP contribution is 2.30. The standard InChI is InChI=1S/C30H41N9O3/c1-7-22-31-20-10-8-9-11-21(20)39(22)28-33-25-24(26(34-28)36-14-16-42-17-15-36)32-23(35(25)6)18-38-13-12-37(19-29(38,2)3)27(40)30(4,5)41/h8-11,41H,7,12-19H2,1-6H3. The van der Waals surface area contributed by atoms with Gasteiger partial charge in [0.15, 0.2) is 17.0 Å². The molecule has 4 aromatic rings. The van der Waals surface area contributed by atoms with E-state index in [0.717, 1.165) is 59.2 Å². The first-order valence-corrected chi connectivity index (χ1v) is 14.8. The van der Waals surface area contributed by atoms with E-state index in [9.17, 15) is 9.90 Å². The van der Waals surface area contributed by atoms with Crippen molar-refractivity contribution < 1.29 is 14.6 Å². The Labute approximate surface area is 245 Å². The Bertz CT molecular complexity index is 1630. The molecule has 5 heterocycles. The van der Waals surface area contributed by atoms with Gasteiger partial charge in [0.05, 0.1) is 30.8 Å². The quantitative estimate of drug-likeness (QED) is 0.370. The van der Waals surface area contributed by atoms with Gasteiger partial charge in [-0.3, -0.25) is 14.3 Å². The van der Waals surface area contributed by atoms with E-state index < -0.39 is 5.60 Å². The number of para-hydroxylation sites is 2. The van der Waals surface area contributed by atoms with Crippen LogP contribution in [0.5, 0.6) is 0 Å². The van der Waals surface area contributed by atoms with Crippen LogP contribution >= 0.6 is 0 Å². The Balaban J connectivity index is 1.41. The minimum atomic E-state index is -1.39. The average molecular weight is 576 g/mol. The topological polar surface area (TPSA) is 118 Å². The van der Waals surface area contributed by atoms with Crippen LogP contribution in [0.1, 0.15) is 46.3 Å². The SMILES string of the molecule is CCc1nc2ccccc2n1-c1nc(N2CCOCC2)c2nc(CN3CCN(C(=O)C(C)(C)O)CC3(C)C)n(C)c2n1. The molecule has 1 N–H and O–H groups in total. The van der Waals surface area contributed by atoms with Crippen molar-refractivity contribution in [1.82, 2.24) is 38.9 Å². The fourth-order valence-corrected chi connectivity index (χ4v) is 6.07. The third-order valence-electron chi connectivity index (χ3n) is 8.45. The Morgan fingerprint density at radius 3 is 2.45 bits per heavy atom. The number of hydrogen-bond donors (Lipinski definition) is 1. The number of ether oxygens (including phenoxy) is 1. The summed E-state index contributed by atoms with van der Waals surface area (Å²) in [7, 11) is 2.01. The summed E-state index contributed by atoms with van der Waals surface area (Å²) >= 11 is 0. The number of carbonyl (C=O) groups is 1. The summed E-state index contributed by atoms with van der Waals surface area (Å²) in [5.41, 5.74) is 1.73. The van der Waals surface area contributed by atoms with E-state index >= 15 is 0 Å². The lowest BCUT2D eigenvalue weighted by Crippen LogP contribution is -2.62. The van der Waals surface area contributed by atoms with Crippen LogP contribution in [0.25, 0.3) is 28.1 Å². The molecule has 2 aliphatic heterocycles. The molecule has 1 amide bonds. The van der Waals surface area contributed by atoms with Gasteiger partial charge in [-0.05, 0) is 39.8 Å². The van der Waals surface area contributed by atoms with Crippen molar-refractivity contribution in [3.8, 4) is 5.95 Å². The van der Waals surface area contributed by atoms with E-state index in [1.807, 2.05) is 25.2 Å². The number of amides is 1. The van der Waals surface area contributed by atoms with Gasteiger partial charge in [0.1, 0.15) is 17.2 Å². The highest BCUT2D eigenvalue weighted by Gasteiger charge is 2.40. The number of piperazine rings is 1. The minimum absolute atomic E-state index is 0.241. The lowest BCUT2D eigenvalue weighted by Gasteiger charge is -2.47. The van der Waals surface area contributed by atoms with Crippen LogP contribution in [0.15, 0.2) is 24.3 Å². The molecule has 42 heavy (non-hydrogen) atoms. The number of aryl methyl sites for hydroxylation is 2. The predicted octanol–water partition coefficient (Wildman–Crippen LogP) is 2.29. The second kappa shape index (κ2) is 10.6. The molecule has 6 rings (SSSR count). The van der Waals surface area contributed by atoms with Gasteiger partial charge in [-0.2, -0.15) is 9.97 Å². The highest BCUT2D eigenvalue weighted by molar-refractivity contribution is 5.86. The van der Waals surface area contributed by atoms with Crippen LogP contribution in [-0.2, 0) is 29.5 Å². The van der Waals surface area contributed by atoms with Gasteiger partial charge >= 0.3 is 0 Å². The molecule has 1 aromatic carbocycles. The monoisotopic (exact) mass is 575 g/mol. The number of morpholine rings is 1. The van der Waals surface area contributed by atoms with Gasteiger partial charge in [0, 0.05) is 51.7 Å². The number of imidazole rings is 2. The number of nitrogens with zero attached hydrogens (tertiary/aromatic N) is 9. The molecular weight excluding hydrogens is 534 g/mol. The van der Waals surface area contributed by atoms with Gasteiger partial charge in [-0.1, -0.05) is 19.1 Å². The first-order valence-electron chi connectivity index (χ1n) is 14.8. The van der Waals surface area contributed by atoms with Gasteiger partial charge in [0.2, 0.25) is 5.95 Å². The number of benzene rings is 1. The van der Waals surface area contributed by atoms with Crippen molar-refractivity contribution in [3.05, 3.63) is 35.9 Å². The van der Waals surface area contributed by atoms with Crippen LogP contribution in [-0.4, -0.2) is 107 Å². The second-order valence-corrected chi connectivity index (χ2v) is 12.4. The molecule has 12 nitrogen and oxygen atoms in total. The molecule has 0 saturated carbocycles. The number of hydrogen-bond acceptors (Lipinski definition) is 9. The molecule has 0 unspecified atom stereocenters. The summed E-state index contributed by atoms with van der Waals surface area (Å²) in [6.07, 6.45) is 0.747. The zero-order valence-electron chi connectivity index (χ0n) is 25.5. The fourth-order valence-electron chi connectivity index (χ4n) is 6.07. The van der Waals surface area contributed by atoms with Crippen LogP contribution in [0, 0.1) is 0 Å². The van der Waals surface area contributed by atoms with E-state index in [1.165, 1.54) is 0 Å². The van der Waals surface area contributed by atoms with Crippen molar-refractivity contribution in [1.29, 1.82) is 0 Å². The average Bonchev–Trinajstić information content (AvgIpc) is 3.50. The Morgan fingerprint density at radius 2 is 1.76 bits per heavy atom. The molecule has 12 heteroatoms. The molecule has 0 atom stereocenters. The van der Waals surface area contributed by atoms with E-state index in [-0.39, 0.29) is 11.4 Å². The number of rotatable bonds is 6. The maximum Gasteiger partial charge on any atom is 0.254 e. The Hall–Kier alpha value is -3.61. The van der Waals surface area contributed by atoms with Gasteiger partial charge in [0.25, 0.3) is 5.91 Å².